The summed E-state index contributed by atoms with van der Waals surface area (Å²) in [5.41, 5.74) is 0.566. The second-order valence-corrected chi connectivity index (χ2v) is 7.75. The summed E-state index contributed by atoms with van der Waals surface area (Å²) in [5, 5.41) is 0.727. The molecule has 0 saturated carbocycles. The Morgan fingerprint density at radius 1 is 1.12 bits per heavy atom. The maximum Gasteiger partial charge on any atom is 0.433 e. The molecule has 6 nitrogen and oxygen atoms in total. The third kappa shape index (κ3) is 3.93. The molecule has 4 aromatic rings. The normalized spacial score (nSPS) is 11.7. The molecule has 0 spiro atoms. The average molecular weight is 461 g/mol. The van der Waals surface area contributed by atoms with Crippen molar-refractivity contribution in [2.24, 2.45) is 0 Å². The number of alkyl halides is 3. The van der Waals surface area contributed by atoms with Crippen molar-refractivity contribution in [2.75, 3.05) is 13.7 Å². The van der Waals surface area contributed by atoms with Gasteiger partial charge in [0.2, 0.25) is 0 Å². The van der Waals surface area contributed by atoms with Crippen molar-refractivity contribution in [3.63, 3.8) is 0 Å². The van der Waals surface area contributed by atoms with Gasteiger partial charge in [-0.25, -0.2) is 4.57 Å². The minimum absolute atomic E-state index is 0.0434. The molecular weight excluding hydrogens is 443 g/mol. The lowest BCUT2D eigenvalue weighted by Crippen LogP contribution is -2.25. The number of ether oxygens (including phenoxy) is 2. The number of fused-ring (bicyclic) bond motifs is 1. The summed E-state index contributed by atoms with van der Waals surface area (Å²) in [7, 11) is 1.57. The topological polar surface area (TPSA) is 66.2 Å². The molecule has 2 aromatic carbocycles. The van der Waals surface area contributed by atoms with Gasteiger partial charge in [-0.1, -0.05) is 11.6 Å². The Labute approximate surface area is 185 Å². The first-order valence-corrected chi connectivity index (χ1v) is 10.4. The fourth-order valence-corrected chi connectivity index (χ4v) is 4.11. The summed E-state index contributed by atoms with van der Waals surface area (Å²) in [5.74, 6) is 0.636. The molecule has 0 bridgehead atoms. The van der Waals surface area contributed by atoms with Crippen molar-refractivity contribution in [1.82, 2.24) is 13.9 Å². The predicted octanol–water partition coefficient (Wildman–Crippen LogP) is 5.24. The second kappa shape index (κ2) is 8.27. The summed E-state index contributed by atoms with van der Waals surface area (Å²) in [4.78, 5) is 16.2. The third-order valence-corrected chi connectivity index (χ3v) is 5.60. The van der Waals surface area contributed by atoms with Gasteiger partial charge in [-0.2, -0.15) is 22.5 Å². The van der Waals surface area contributed by atoms with Crippen LogP contribution in [0.25, 0.3) is 27.0 Å². The van der Waals surface area contributed by atoms with E-state index >= 15 is 0 Å². The van der Waals surface area contributed by atoms with Crippen molar-refractivity contribution in [2.45, 2.75) is 20.0 Å². The number of hydrogen-bond donors (Lipinski definition) is 0. The maximum absolute atomic E-state index is 13.1. The Morgan fingerprint density at radius 2 is 1.91 bits per heavy atom. The fourth-order valence-electron chi connectivity index (χ4n) is 3.34. The smallest absolute Gasteiger partial charge is 0.433 e. The molecular formula is C22H18F3N3O3S. The highest BCUT2D eigenvalue weighted by Gasteiger charge is 2.34. The number of nitrogens with zero attached hydrogens (tertiary/aromatic N) is 3. The Hall–Kier alpha value is -3.40. The summed E-state index contributed by atoms with van der Waals surface area (Å²) >= 11 is 1.27. The van der Waals surface area contributed by atoms with Crippen LogP contribution in [0.5, 0.6) is 11.8 Å². The molecule has 10 heteroatoms. The quantitative estimate of drug-likeness (QED) is 0.407. The first-order valence-electron chi connectivity index (χ1n) is 9.62. The Morgan fingerprint density at radius 3 is 2.59 bits per heavy atom. The molecule has 2 aromatic heterocycles. The van der Waals surface area contributed by atoms with E-state index in [1.807, 2.05) is 25.1 Å². The zero-order valence-electron chi connectivity index (χ0n) is 17.4. The molecule has 0 radical (unpaired) electrons. The molecule has 0 saturated heterocycles. The minimum Gasteiger partial charge on any atom is -0.496 e. The van der Waals surface area contributed by atoms with Gasteiger partial charge in [-0.15, -0.1) is 0 Å². The van der Waals surface area contributed by atoms with E-state index in [1.165, 1.54) is 11.5 Å². The van der Waals surface area contributed by atoms with E-state index in [4.69, 9.17) is 9.47 Å². The molecule has 2 heterocycles. The summed E-state index contributed by atoms with van der Waals surface area (Å²) in [6.45, 7) is 3.59. The van der Waals surface area contributed by atoms with Crippen molar-refractivity contribution in [3.8, 4) is 28.7 Å². The van der Waals surface area contributed by atoms with Crippen LogP contribution in [0.1, 0.15) is 18.2 Å². The van der Waals surface area contributed by atoms with Crippen LogP contribution in [0.3, 0.4) is 0 Å². The average Bonchev–Trinajstić information content (AvgIpc) is 3.16. The van der Waals surface area contributed by atoms with E-state index in [-0.39, 0.29) is 6.61 Å². The number of halogens is 3. The Kier molecular flexibility index (Phi) is 5.64. The van der Waals surface area contributed by atoms with E-state index in [2.05, 4.69) is 9.36 Å². The van der Waals surface area contributed by atoms with Gasteiger partial charge in [0.05, 0.1) is 29.8 Å². The first kappa shape index (κ1) is 21.8. The highest BCUT2D eigenvalue weighted by molar-refractivity contribution is 7.13. The number of benzene rings is 2. The standard InChI is InChI=1S/C22H18F3N3O3S/c1-4-31-21-26-18(22(23,24)25)11-19(29)28(21)13-6-8-17-15(10-13)20(27-32-17)14-9-12(2)5-7-16(14)30-3/h5-11H,4H2,1-3H3. The Balaban J connectivity index is 1.94. The van der Waals surface area contributed by atoms with Crippen LogP contribution in [-0.2, 0) is 6.18 Å². The van der Waals surface area contributed by atoms with Gasteiger partial charge < -0.3 is 9.47 Å². The highest BCUT2D eigenvalue weighted by Crippen LogP contribution is 2.38. The summed E-state index contributed by atoms with van der Waals surface area (Å²) in [6, 6.07) is 10.8. The van der Waals surface area contributed by atoms with Gasteiger partial charge in [0.25, 0.3) is 5.56 Å². The van der Waals surface area contributed by atoms with Crippen molar-refractivity contribution in [3.05, 3.63) is 64.1 Å². The summed E-state index contributed by atoms with van der Waals surface area (Å²) < 4.78 is 56.6. The van der Waals surface area contributed by atoms with Gasteiger partial charge in [0.1, 0.15) is 5.75 Å². The number of hydrogen-bond acceptors (Lipinski definition) is 6. The number of aromatic nitrogens is 3. The molecule has 4 rings (SSSR count). The van der Waals surface area contributed by atoms with Gasteiger partial charge in [0, 0.05) is 17.0 Å². The predicted molar refractivity (Wildman–Crippen MR) is 116 cm³/mol. The van der Waals surface area contributed by atoms with Crippen molar-refractivity contribution in [1.29, 1.82) is 0 Å². The van der Waals surface area contributed by atoms with E-state index in [0.717, 1.165) is 25.8 Å². The van der Waals surface area contributed by atoms with Gasteiger partial charge in [0.15, 0.2) is 5.69 Å². The van der Waals surface area contributed by atoms with Crippen LogP contribution in [0.15, 0.2) is 47.3 Å². The molecule has 0 N–H and O–H groups in total. The number of rotatable bonds is 5. The fraction of sp³-hybridized carbons (Fsp3) is 0.227. The largest absolute Gasteiger partial charge is 0.496 e. The van der Waals surface area contributed by atoms with Crippen LogP contribution in [0.2, 0.25) is 0 Å². The lowest BCUT2D eigenvalue weighted by molar-refractivity contribution is -0.141. The minimum atomic E-state index is -4.76. The van der Waals surface area contributed by atoms with E-state index in [1.54, 1.807) is 32.2 Å². The monoisotopic (exact) mass is 461 g/mol. The number of aryl methyl sites for hydroxylation is 1. The lowest BCUT2D eigenvalue weighted by atomic mass is 10.0. The molecule has 0 fully saturated rings. The Bertz CT molecular complexity index is 1360. The zero-order valence-corrected chi connectivity index (χ0v) is 18.2. The SMILES string of the molecule is CCOc1nc(C(F)(F)F)cc(=O)n1-c1ccc2snc(-c3cc(C)ccc3OC)c2c1. The molecule has 0 aliphatic heterocycles. The van der Waals surface area contributed by atoms with Crippen molar-refractivity contribution >= 4 is 21.6 Å². The molecule has 0 aliphatic rings. The third-order valence-electron chi connectivity index (χ3n) is 4.77. The lowest BCUT2D eigenvalue weighted by Gasteiger charge is -2.14. The summed E-state index contributed by atoms with van der Waals surface area (Å²) in [6.07, 6.45) is -4.76. The van der Waals surface area contributed by atoms with Gasteiger partial charge >= 0.3 is 12.2 Å². The molecule has 166 valence electrons. The van der Waals surface area contributed by atoms with Crippen molar-refractivity contribution < 1.29 is 22.6 Å². The van der Waals surface area contributed by atoms with Crippen LogP contribution in [0, 0.1) is 6.92 Å². The zero-order chi connectivity index (χ0) is 23.0. The van der Waals surface area contributed by atoms with Crippen LogP contribution in [0.4, 0.5) is 13.2 Å². The van der Waals surface area contributed by atoms with E-state index < -0.39 is 23.4 Å². The molecule has 0 amide bonds. The van der Waals surface area contributed by atoms with E-state index in [0.29, 0.717) is 23.2 Å². The molecule has 0 atom stereocenters. The molecule has 0 unspecified atom stereocenters. The molecule has 32 heavy (non-hydrogen) atoms. The van der Waals surface area contributed by atoms with Gasteiger partial charge in [-0.05, 0) is 55.7 Å². The maximum atomic E-state index is 13.1. The van der Waals surface area contributed by atoms with Crippen LogP contribution in [-0.4, -0.2) is 27.6 Å². The highest BCUT2D eigenvalue weighted by atomic mass is 32.1. The van der Waals surface area contributed by atoms with Crippen LogP contribution < -0.4 is 15.0 Å². The first-order chi connectivity index (χ1) is 15.2. The van der Waals surface area contributed by atoms with Gasteiger partial charge in [-0.3, -0.25) is 4.79 Å². The molecule has 0 aliphatic carbocycles. The van der Waals surface area contributed by atoms with E-state index in [9.17, 15) is 18.0 Å². The van der Waals surface area contributed by atoms with Crippen LogP contribution >= 0.6 is 11.5 Å². The second-order valence-electron chi connectivity index (χ2n) is 6.94. The number of methoxy groups -OCH3 is 1.